The van der Waals surface area contributed by atoms with Gasteiger partial charge >= 0.3 is 0 Å². The van der Waals surface area contributed by atoms with Gasteiger partial charge < -0.3 is 20.1 Å². The Morgan fingerprint density at radius 1 is 1.00 bits per heavy atom. The van der Waals surface area contributed by atoms with Gasteiger partial charge in [-0.05, 0) is 49.7 Å². The maximum absolute atomic E-state index is 12.5. The molecule has 7 nitrogen and oxygen atoms in total. The highest BCUT2D eigenvalue weighted by Gasteiger charge is 2.14. The lowest BCUT2D eigenvalue weighted by atomic mass is 10.2. The molecule has 4 rings (SSSR count). The minimum absolute atomic E-state index is 0.243. The fourth-order valence-corrected chi connectivity index (χ4v) is 2.83. The molecule has 0 unspecified atom stereocenters. The number of nitrogens with zero attached hydrogens (tertiary/aromatic N) is 2. The van der Waals surface area contributed by atoms with Gasteiger partial charge in [0, 0.05) is 17.9 Å². The third-order valence-electron chi connectivity index (χ3n) is 4.28. The summed E-state index contributed by atoms with van der Waals surface area (Å²) in [5, 5.41) is 6.02. The number of amides is 1. The first-order valence-corrected chi connectivity index (χ1v) is 8.93. The van der Waals surface area contributed by atoms with Gasteiger partial charge in [0.05, 0.1) is 0 Å². The minimum atomic E-state index is -0.277. The number of nitrogens with one attached hydrogen (secondary N) is 2. The number of carbonyl (C=O) groups is 1. The van der Waals surface area contributed by atoms with E-state index in [-0.39, 0.29) is 12.7 Å². The molecule has 28 heavy (non-hydrogen) atoms. The van der Waals surface area contributed by atoms with Crippen LogP contribution in [-0.2, 0) is 6.54 Å². The summed E-state index contributed by atoms with van der Waals surface area (Å²) in [6.07, 6.45) is 0. The third-order valence-corrected chi connectivity index (χ3v) is 4.28. The van der Waals surface area contributed by atoms with Crippen molar-refractivity contribution >= 4 is 17.5 Å². The van der Waals surface area contributed by atoms with Crippen molar-refractivity contribution in [2.45, 2.75) is 20.4 Å². The molecule has 0 atom stereocenters. The van der Waals surface area contributed by atoms with E-state index in [0.717, 1.165) is 28.3 Å². The Morgan fingerprint density at radius 2 is 1.79 bits per heavy atom. The van der Waals surface area contributed by atoms with Crippen molar-refractivity contribution in [2.75, 3.05) is 17.4 Å². The van der Waals surface area contributed by atoms with E-state index in [4.69, 9.17) is 9.47 Å². The van der Waals surface area contributed by atoms with Gasteiger partial charge in [-0.15, -0.1) is 0 Å². The second-order valence-corrected chi connectivity index (χ2v) is 6.58. The SMILES string of the molecule is Cc1ccc(NC(=O)c2cc(C)nc(NCc3ccc4c(c3)OCO4)n2)cc1. The number of hydrogen-bond donors (Lipinski definition) is 2. The molecule has 7 heteroatoms. The van der Waals surface area contributed by atoms with E-state index in [0.29, 0.717) is 23.9 Å². The molecule has 0 bridgehead atoms. The maximum Gasteiger partial charge on any atom is 0.274 e. The Bertz CT molecular complexity index is 1020. The first-order valence-electron chi connectivity index (χ1n) is 8.93. The second-order valence-electron chi connectivity index (χ2n) is 6.58. The lowest BCUT2D eigenvalue weighted by Crippen LogP contribution is -2.16. The molecule has 2 heterocycles. The van der Waals surface area contributed by atoms with Crippen molar-refractivity contribution in [1.29, 1.82) is 0 Å². The van der Waals surface area contributed by atoms with E-state index in [2.05, 4.69) is 20.6 Å². The molecule has 1 aliphatic rings. The number of hydrogen-bond acceptors (Lipinski definition) is 6. The van der Waals surface area contributed by atoms with Gasteiger partial charge in [0.15, 0.2) is 11.5 Å². The number of aryl methyl sites for hydroxylation is 2. The molecule has 142 valence electrons. The van der Waals surface area contributed by atoms with E-state index in [1.54, 1.807) is 6.07 Å². The van der Waals surface area contributed by atoms with Gasteiger partial charge in [-0.1, -0.05) is 23.8 Å². The van der Waals surface area contributed by atoms with Crippen LogP contribution in [0.4, 0.5) is 11.6 Å². The van der Waals surface area contributed by atoms with E-state index < -0.39 is 0 Å². The van der Waals surface area contributed by atoms with Crippen molar-refractivity contribution in [3.05, 3.63) is 71.0 Å². The fraction of sp³-hybridized carbons (Fsp3) is 0.190. The van der Waals surface area contributed by atoms with E-state index in [1.165, 1.54) is 0 Å². The number of carbonyl (C=O) groups excluding carboxylic acids is 1. The number of ether oxygens (including phenoxy) is 2. The summed E-state index contributed by atoms with van der Waals surface area (Å²) in [5.74, 6) is 1.58. The topological polar surface area (TPSA) is 85.4 Å². The number of anilines is 2. The molecular formula is C21H20N4O3. The quantitative estimate of drug-likeness (QED) is 0.706. The molecule has 2 aromatic carbocycles. The minimum Gasteiger partial charge on any atom is -0.454 e. The van der Waals surface area contributed by atoms with Gasteiger partial charge in [-0.2, -0.15) is 0 Å². The van der Waals surface area contributed by atoms with Crippen molar-refractivity contribution in [3.8, 4) is 11.5 Å². The highest BCUT2D eigenvalue weighted by molar-refractivity contribution is 6.03. The van der Waals surface area contributed by atoms with Crippen LogP contribution in [-0.4, -0.2) is 22.7 Å². The fourth-order valence-electron chi connectivity index (χ4n) is 2.83. The lowest BCUT2D eigenvalue weighted by Gasteiger charge is -2.09. The van der Waals surface area contributed by atoms with Crippen molar-refractivity contribution in [2.24, 2.45) is 0 Å². The smallest absolute Gasteiger partial charge is 0.274 e. The van der Waals surface area contributed by atoms with Crippen LogP contribution in [0.2, 0.25) is 0 Å². The van der Waals surface area contributed by atoms with Crippen LogP contribution < -0.4 is 20.1 Å². The molecular weight excluding hydrogens is 356 g/mol. The van der Waals surface area contributed by atoms with Crippen LogP contribution in [0.3, 0.4) is 0 Å². The summed E-state index contributed by atoms with van der Waals surface area (Å²) >= 11 is 0. The zero-order valence-corrected chi connectivity index (χ0v) is 15.7. The van der Waals surface area contributed by atoms with Gasteiger partial charge in [0.25, 0.3) is 5.91 Å². The lowest BCUT2D eigenvalue weighted by molar-refractivity contribution is 0.102. The van der Waals surface area contributed by atoms with E-state index in [1.807, 2.05) is 56.3 Å². The summed E-state index contributed by atoms with van der Waals surface area (Å²) < 4.78 is 10.7. The molecule has 0 aliphatic carbocycles. The summed E-state index contributed by atoms with van der Waals surface area (Å²) in [6, 6.07) is 15.0. The van der Waals surface area contributed by atoms with Crippen LogP contribution in [0.1, 0.15) is 27.3 Å². The maximum atomic E-state index is 12.5. The summed E-state index contributed by atoms with van der Waals surface area (Å²) in [7, 11) is 0. The van der Waals surface area contributed by atoms with Crippen molar-refractivity contribution in [3.63, 3.8) is 0 Å². The molecule has 0 saturated heterocycles. The Morgan fingerprint density at radius 3 is 2.61 bits per heavy atom. The second kappa shape index (κ2) is 7.56. The monoisotopic (exact) mass is 376 g/mol. The van der Waals surface area contributed by atoms with Crippen molar-refractivity contribution < 1.29 is 14.3 Å². The Hall–Kier alpha value is -3.61. The van der Waals surface area contributed by atoms with Gasteiger partial charge in [-0.3, -0.25) is 4.79 Å². The third kappa shape index (κ3) is 4.03. The zero-order valence-electron chi connectivity index (χ0n) is 15.7. The summed E-state index contributed by atoms with van der Waals surface area (Å²) in [4.78, 5) is 21.3. The van der Waals surface area contributed by atoms with E-state index in [9.17, 15) is 4.79 Å². The van der Waals surface area contributed by atoms with Gasteiger partial charge in [0.1, 0.15) is 5.69 Å². The van der Waals surface area contributed by atoms with Crippen LogP contribution >= 0.6 is 0 Å². The van der Waals surface area contributed by atoms with Crippen LogP contribution in [0, 0.1) is 13.8 Å². The first kappa shape index (κ1) is 17.8. The Balaban J connectivity index is 1.45. The van der Waals surface area contributed by atoms with E-state index >= 15 is 0 Å². The Kier molecular flexibility index (Phi) is 4.80. The molecule has 1 aromatic heterocycles. The number of benzene rings is 2. The highest BCUT2D eigenvalue weighted by Crippen LogP contribution is 2.32. The largest absolute Gasteiger partial charge is 0.454 e. The molecule has 0 fully saturated rings. The van der Waals surface area contributed by atoms with Crippen LogP contribution in [0.15, 0.2) is 48.5 Å². The zero-order chi connectivity index (χ0) is 19.5. The average molecular weight is 376 g/mol. The molecule has 3 aromatic rings. The summed E-state index contributed by atoms with van der Waals surface area (Å²) in [6.45, 7) is 4.57. The first-order chi connectivity index (χ1) is 13.6. The molecule has 1 aliphatic heterocycles. The Labute approximate surface area is 162 Å². The number of aromatic nitrogens is 2. The molecule has 1 amide bonds. The van der Waals surface area contributed by atoms with Gasteiger partial charge in [-0.25, -0.2) is 9.97 Å². The number of fused-ring (bicyclic) bond motifs is 1. The predicted octanol–water partition coefficient (Wildman–Crippen LogP) is 3.69. The van der Waals surface area contributed by atoms with Crippen molar-refractivity contribution in [1.82, 2.24) is 9.97 Å². The molecule has 0 spiro atoms. The average Bonchev–Trinajstić information content (AvgIpc) is 3.15. The molecule has 2 N–H and O–H groups in total. The predicted molar refractivity (Wildman–Crippen MR) is 106 cm³/mol. The molecule has 0 radical (unpaired) electrons. The van der Waals surface area contributed by atoms with Crippen LogP contribution in [0.25, 0.3) is 0 Å². The molecule has 0 saturated carbocycles. The highest BCUT2D eigenvalue weighted by atomic mass is 16.7. The van der Waals surface area contributed by atoms with Gasteiger partial charge in [0.2, 0.25) is 12.7 Å². The normalized spacial score (nSPS) is 11.9. The standard InChI is InChI=1S/C21H20N4O3/c1-13-3-6-16(7-4-13)24-20(26)17-9-14(2)23-21(25-17)22-11-15-5-8-18-19(10-15)28-12-27-18/h3-10H,11-12H2,1-2H3,(H,24,26)(H,22,23,25). The summed E-state index contributed by atoms with van der Waals surface area (Å²) in [5.41, 5.74) is 3.87. The van der Waals surface area contributed by atoms with Crippen LogP contribution in [0.5, 0.6) is 11.5 Å². The number of rotatable bonds is 5.